The summed E-state index contributed by atoms with van der Waals surface area (Å²) >= 11 is 1.31. The summed E-state index contributed by atoms with van der Waals surface area (Å²) in [6.07, 6.45) is 0. The molecular weight excluding hydrogens is 376 g/mol. The Kier molecular flexibility index (Phi) is 6.96. The predicted molar refractivity (Wildman–Crippen MR) is 111 cm³/mol. The maximum Gasteiger partial charge on any atom is 0.341 e. The van der Waals surface area contributed by atoms with Crippen LogP contribution >= 0.6 is 11.3 Å². The van der Waals surface area contributed by atoms with E-state index >= 15 is 0 Å². The monoisotopic (exact) mass is 402 g/mol. The first-order valence-corrected chi connectivity index (χ1v) is 9.83. The Labute approximate surface area is 169 Å². The lowest BCUT2D eigenvalue weighted by Crippen LogP contribution is -2.31. The number of nitrogens with one attached hydrogen (secondary N) is 2. The highest BCUT2D eigenvalue weighted by molar-refractivity contribution is 7.16. The number of benzene rings is 1. The van der Waals surface area contributed by atoms with E-state index in [2.05, 4.69) is 10.6 Å². The van der Waals surface area contributed by atoms with Crippen molar-refractivity contribution in [2.45, 2.75) is 47.6 Å². The first kappa shape index (κ1) is 21.6. The van der Waals surface area contributed by atoms with Crippen LogP contribution in [0.15, 0.2) is 18.2 Å². The van der Waals surface area contributed by atoms with E-state index in [1.54, 1.807) is 6.92 Å². The fraction of sp³-hybridized carbons (Fsp3) is 0.381. The number of carbonyl (C=O) groups excluding carboxylic acids is 3. The normalized spacial score (nSPS) is 11.6. The van der Waals surface area contributed by atoms with Crippen LogP contribution in [-0.4, -0.2) is 24.4 Å². The molecule has 7 heteroatoms. The summed E-state index contributed by atoms with van der Waals surface area (Å²) in [5.74, 6) is -1.28. The molecule has 1 atom stereocenters. The standard InChI is InChI=1S/C21H26N2O4S/c1-11-7-8-17(9-12(11)2)14(4)22-18(25)10-27-21(26)19-13(3)15(5)28-20(19)23-16(6)24/h7-9,14H,10H2,1-6H3,(H,22,25)(H,23,24)/t14-/m0/s1. The van der Waals surface area contributed by atoms with Crippen molar-refractivity contribution in [1.82, 2.24) is 5.32 Å². The number of rotatable bonds is 6. The minimum absolute atomic E-state index is 0.203. The minimum Gasteiger partial charge on any atom is -0.452 e. The lowest BCUT2D eigenvalue weighted by Gasteiger charge is -2.16. The molecule has 1 aromatic carbocycles. The van der Waals surface area contributed by atoms with Crippen LogP contribution in [0.2, 0.25) is 0 Å². The second kappa shape index (κ2) is 9.01. The van der Waals surface area contributed by atoms with Crippen LogP contribution in [0.25, 0.3) is 0 Å². The number of thiophene rings is 1. The number of anilines is 1. The average molecular weight is 403 g/mol. The van der Waals surface area contributed by atoms with E-state index in [-0.39, 0.29) is 24.5 Å². The Hall–Kier alpha value is -2.67. The van der Waals surface area contributed by atoms with Crippen LogP contribution in [0, 0.1) is 27.7 Å². The molecule has 150 valence electrons. The van der Waals surface area contributed by atoms with Gasteiger partial charge in [0.1, 0.15) is 5.00 Å². The first-order valence-electron chi connectivity index (χ1n) is 9.01. The number of esters is 1. The number of ether oxygens (including phenoxy) is 1. The first-order chi connectivity index (χ1) is 13.1. The van der Waals surface area contributed by atoms with E-state index < -0.39 is 5.97 Å². The van der Waals surface area contributed by atoms with Crippen LogP contribution in [-0.2, 0) is 14.3 Å². The molecule has 0 aliphatic carbocycles. The number of amides is 2. The van der Waals surface area contributed by atoms with Gasteiger partial charge in [0, 0.05) is 11.8 Å². The molecule has 0 saturated carbocycles. The van der Waals surface area contributed by atoms with Crippen LogP contribution in [0.4, 0.5) is 5.00 Å². The van der Waals surface area contributed by atoms with Crippen molar-refractivity contribution in [3.63, 3.8) is 0 Å². The summed E-state index contributed by atoms with van der Waals surface area (Å²) in [7, 11) is 0. The maximum atomic E-state index is 12.5. The molecule has 2 amide bonds. The molecule has 1 heterocycles. The molecule has 2 aromatic rings. The molecular formula is C21H26N2O4S. The second-order valence-corrected chi connectivity index (χ2v) is 8.10. The summed E-state index contributed by atoms with van der Waals surface area (Å²) in [4.78, 5) is 36.9. The van der Waals surface area contributed by atoms with Crippen molar-refractivity contribution in [2.24, 2.45) is 0 Å². The zero-order chi connectivity index (χ0) is 21.0. The second-order valence-electron chi connectivity index (χ2n) is 6.88. The molecule has 0 saturated heterocycles. The van der Waals surface area contributed by atoms with Crippen LogP contribution in [0.5, 0.6) is 0 Å². The molecule has 0 aliphatic rings. The van der Waals surface area contributed by atoms with Gasteiger partial charge in [0.2, 0.25) is 5.91 Å². The van der Waals surface area contributed by atoms with Crippen LogP contribution < -0.4 is 10.6 Å². The summed E-state index contributed by atoms with van der Waals surface area (Å²) in [6.45, 7) is 10.6. The van der Waals surface area contributed by atoms with E-state index in [0.29, 0.717) is 10.6 Å². The zero-order valence-corrected chi connectivity index (χ0v) is 17.9. The average Bonchev–Trinajstić information content (AvgIpc) is 2.88. The maximum absolute atomic E-state index is 12.5. The number of carbonyl (C=O) groups is 3. The fourth-order valence-electron chi connectivity index (χ4n) is 2.72. The van der Waals surface area contributed by atoms with E-state index in [1.165, 1.54) is 23.8 Å². The Morgan fingerprint density at radius 3 is 2.39 bits per heavy atom. The van der Waals surface area contributed by atoms with E-state index in [0.717, 1.165) is 21.6 Å². The molecule has 2 N–H and O–H groups in total. The zero-order valence-electron chi connectivity index (χ0n) is 17.1. The summed E-state index contributed by atoms with van der Waals surface area (Å²) in [5.41, 5.74) is 4.36. The van der Waals surface area contributed by atoms with Gasteiger partial charge in [0.05, 0.1) is 11.6 Å². The van der Waals surface area contributed by atoms with Crippen LogP contribution in [0.1, 0.15) is 57.4 Å². The summed E-state index contributed by atoms with van der Waals surface area (Å²) in [5, 5.41) is 5.92. The van der Waals surface area contributed by atoms with Crippen LogP contribution in [0.3, 0.4) is 0 Å². The van der Waals surface area contributed by atoms with Gasteiger partial charge in [-0.25, -0.2) is 4.79 Å². The summed E-state index contributed by atoms with van der Waals surface area (Å²) in [6, 6.07) is 5.81. The Morgan fingerprint density at radius 2 is 1.79 bits per heavy atom. The molecule has 0 spiro atoms. The van der Waals surface area contributed by atoms with Crippen molar-refractivity contribution in [1.29, 1.82) is 0 Å². The van der Waals surface area contributed by atoms with Crippen molar-refractivity contribution in [3.8, 4) is 0 Å². The number of hydrogen-bond donors (Lipinski definition) is 2. The predicted octanol–water partition coefficient (Wildman–Crippen LogP) is 3.97. The lowest BCUT2D eigenvalue weighted by molar-refractivity contribution is -0.124. The Morgan fingerprint density at radius 1 is 1.11 bits per heavy atom. The van der Waals surface area contributed by atoms with Crippen molar-refractivity contribution >= 4 is 34.1 Å². The van der Waals surface area contributed by atoms with Gasteiger partial charge >= 0.3 is 5.97 Å². The molecule has 0 radical (unpaired) electrons. The molecule has 0 bridgehead atoms. The van der Waals surface area contributed by atoms with Gasteiger partial charge < -0.3 is 15.4 Å². The molecule has 1 aromatic heterocycles. The van der Waals surface area contributed by atoms with Gasteiger partial charge in [0.15, 0.2) is 6.61 Å². The highest BCUT2D eigenvalue weighted by Gasteiger charge is 2.22. The Balaban J connectivity index is 2.00. The van der Waals surface area contributed by atoms with E-state index in [4.69, 9.17) is 4.74 Å². The lowest BCUT2D eigenvalue weighted by atomic mass is 10.0. The van der Waals surface area contributed by atoms with Crippen molar-refractivity contribution < 1.29 is 19.1 Å². The highest BCUT2D eigenvalue weighted by Crippen LogP contribution is 2.33. The van der Waals surface area contributed by atoms with Gasteiger partial charge in [-0.1, -0.05) is 18.2 Å². The van der Waals surface area contributed by atoms with Gasteiger partial charge in [-0.15, -0.1) is 11.3 Å². The third-order valence-corrected chi connectivity index (χ3v) is 5.74. The third kappa shape index (κ3) is 5.19. The summed E-state index contributed by atoms with van der Waals surface area (Å²) < 4.78 is 5.19. The molecule has 0 aliphatic heterocycles. The molecule has 6 nitrogen and oxygen atoms in total. The van der Waals surface area contributed by atoms with Gasteiger partial charge in [-0.05, 0) is 56.9 Å². The molecule has 28 heavy (non-hydrogen) atoms. The SMILES string of the molecule is CC(=O)Nc1sc(C)c(C)c1C(=O)OCC(=O)N[C@@H](C)c1ccc(C)c(C)c1. The van der Waals surface area contributed by atoms with E-state index in [9.17, 15) is 14.4 Å². The largest absolute Gasteiger partial charge is 0.452 e. The Bertz CT molecular complexity index is 917. The van der Waals surface area contributed by atoms with Gasteiger partial charge in [-0.3, -0.25) is 9.59 Å². The van der Waals surface area contributed by atoms with Crippen molar-refractivity contribution in [2.75, 3.05) is 11.9 Å². The van der Waals surface area contributed by atoms with E-state index in [1.807, 2.05) is 45.9 Å². The molecule has 2 rings (SSSR count). The topological polar surface area (TPSA) is 84.5 Å². The quantitative estimate of drug-likeness (QED) is 0.716. The third-order valence-electron chi connectivity index (χ3n) is 4.62. The van der Waals surface area contributed by atoms with Crippen molar-refractivity contribution in [3.05, 3.63) is 50.9 Å². The minimum atomic E-state index is -0.625. The smallest absolute Gasteiger partial charge is 0.341 e. The van der Waals surface area contributed by atoms with Gasteiger partial charge in [-0.2, -0.15) is 0 Å². The highest BCUT2D eigenvalue weighted by atomic mass is 32.1. The number of hydrogen-bond acceptors (Lipinski definition) is 5. The molecule has 0 fully saturated rings. The number of aryl methyl sites for hydroxylation is 3. The fourth-order valence-corrected chi connectivity index (χ4v) is 3.82. The molecule has 0 unspecified atom stereocenters. The van der Waals surface area contributed by atoms with Gasteiger partial charge in [0.25, 0.3) is 5.91 Å².